The summed E-state index contributed by atoms with van der Waals surface area (Å²) in [5, 5.41) is 3.34. The highest BCUT2D eigenvalue weighted by molar-refractivity contribution is 7.92. The molecule has 3 aromatic rings. The number of rotatable bonds is 11. The Morgan fingerprint density at radius 2 is 1.62 bits per heavy atom. The molecule has 0 spiro atoms. The molecule has 1 aliphatic rings. The van der Waals surface area contributed by atoms with Crippen molar-refractivity contribution in [3.8, 4) is 5.75 Å². The van der Waals surface area contributed by atoms with Crippen molar-refractivity contribution in [2.75, 3.05) is 18.0 Å². The normalized spacial score (nSPS) is 14.4. The number of halogens is 1. The average molecular weight is 584 g/mol. The van der Waals surface area contributed by atoms with E-state index < -0.39 is 28.5 Å². The molecule has 1 atom stereocenters. The van der Waals surface area contributed by atoms with Gasteiger partial charge in [-0.15, -0.1) is 0 Å². The highest BCUT2D eigenvalue weighted by Gasteiger charge is 2.34. The van der Waals surface area contributed by atoms with Gasteiger partial charge >= 0.3 is 0 Å². The number of benzene rings is 3. The van der Waals surface area contributed by atoms with E-state index in [2.05, 4.69) is 5.32 Å². The van der Waals surface area contributed by atoms with Crippen molar-refractivity contribution in [3.05, 3.63) is 89.4 Å². The maximum Gasteiger partial charge on any atom is 0.264 e. The lowest BCUT2D eigenvalue weighted by Gasteiger charge is -2.33. The number of nitrogens with zero attached hydrogens (tertiary/aromatic N) is 2. The molecule has 0 bridgehead atoms. The summed E-state index contributed by atoms with van der Waals surface area (Å²) >= 11 is 6.27. The van der Waals surface area contributed by atoms with Gasteiger partial charge in [0.25, 0.3) is 10.0 Å². The molecule has 8 nitrogen and oxygen atoms in total. The van der Waals surface area contributed by atoms with Crippen LogP contribution < -0.4 is 14.4 Å². The van der Waals surface area contributed by atoms with Crippen molar-refractivity contribution in [2.45, 2.75) is 56.1 Å². The number of carbonyl (C=O) groups is 2. The number of amides is 2. The van der Waals surface area contributed by atoms with Crippen LogP contribution in [0.15, 0.2) is 83.8 Å². The fraction of sp³-hybridized carbons (Fsp3) is 0.333. The van der Waals surface area contributed by atoms with E-state index in [9.17, 15) is 18.0 Å². The van der Waals surface area contributed by atoms with Crippen LogP contribution in [0.3, 0.4) is 0 Å². The molecule has 0 unspecified atom stereocenters. The number of methoxy groups -OCH3 is 1. The molecule has 40 heavy (non-hydrogen) atoms. The van der Waals surface area contributed by atoms with E-state index in [-0.39, 0.29) is 39.8 Å². The van der Waals surface area contributed by atoms with Gasteiger partial charge in [0.2, 0.25) is 11.8 Å². The highest BCUT2D eigenvalue weighted by Crippen LogP contribution is 2.35. The van der Waals surface area contributed by atoms with E-state index in [1.807, 2.05) is 30.3 Å². The fourth-order valence-electron chi connectivity index (χ4n) is 4.85. The zero-order chi connectivity index (χ0) is 28.7. The van der Waals surface area contributed by atoms with Crippen molar-refractivity contribution in [1.82, 2.24) is 10.2 Å². The Morgan fingerprint density at radius 1 is 1.00 bits per heavy atom. The molecular formula is C30H34ClN3O5S. The van der Waals surface area contributed by atoms with E-state index in [1.54, 1.807) is 37.3 Å². The second-order valence-corrected chi connectivity index (χ2v) is 12.1. The minimum absolute atomic E-state index is 0.00598. The Morgan fingerprint density at radius 3 is 2.25 bits per heavy atom. The van der Waals surface area contributed by atoms with Gasteiger partial charge in [0.05, 0.1) is 17.7 Å². The maximum absolute atomic E-state index is 14.0. The third kappa shape index (κ3) is 6.95. The first-order valence-corrected chi connectivity index (χ1v) is 15.1. The van der Waals surface area contributed by atoms with E-state index in [0.29, 0.717) is 0 Å². The first-order valence-electron chi connectivity index (χ1n) is 13.3. The van der Waals surface area contributed by atoms with Crippen LogP contribution in [0.5, 0.6) is 5.75 Å². The van der Waals surface area contributed by atoms with E-state index in [4.69, 9.17) is 16.3 Å². The number of ether oxygens (including phenoxy) is 1. The van der Waals surface area contributed by atoms with Crippen molar-refractivity contribution in [1.29, 1.82) is 0 Å². The summed E-state index contributed by atoms with van der Waals surface area (Å²) in [6.07, 6.45) is 3.92. The molecule has 0 saturated heterocycles. The van der Waals surface area contributed by atoms with Gasteiger partial charge in [-0.3, -0.25) is 13.9 Å². The van der Waals surface area contributed by atoms with Gasteiger partial charge in [-0.2, -0.15) is 0 Å². The quantitative estimate of drug-likeness (QED) is 0.342. The van der Waals surface area contributed by atoms with Gasteiger partial charge in [0.1, 0.15) is 18.3 Å². The molecule has 3 aromatic carbocycles. The number of nitrogens with one attached hydrogen (secondary N) is 1. The SMILES string of the molecule is COc1ccc(Cl)cc1N(CC(=O)N(Cc1ccccc1)[C@@H](C)C(=O)NC1CCCC1)S(=O)(=O)c1ccccc1. The lowest BCUT2D eigenvalue weighted by molar-refractivity contribution is -0.139. The molecule has 4 rings (SSSR count). The average Bonchev–Trinajstić information content (AvgIpc) is 3.48. The van der Waals surface area contributed by atoms with Gasteiger partial charge in [0, 0.05) is 17.6 Å². The largest absolute Gasteiger partial charge is 0.495 e. The second-order valence-electron chi connectivity index (χ2n) is 9.81. The molecule has 0 aromatic heterocycles. The van der Waals surface area contributed by atoms with Gasteiger partial charge in [-0.1, -0.05) is 73.0 Å². The van der Waals surface area contributed by atoms with Crippen molar-refractivity contribution in [2.24, 2.45) is 0 Å². The van der Waals surface area contributed by atoms with Crippen LogP contribution in [-0.4, -0.2) is 50.9 Å². The topological polar surface area (TPSA) is 96.0 Å². The number of sulfonamides is 1. The monoisotopic (exact) mass is 583 g/mol. The maximum atomic E-state index is 14.0. The molecule has 0 heterocycles. The molecular weight excluding hydrogens is 550 g/mol. The lowest BCUT2D eigenvalue weighted by atomic mass is 10.1. The molecule has 0 aliphatic heterocycles. The van der Waals surface area contributed by atoms with Crippen molar-refractivity contribution >= 4 is 39.1 Å². The van der Waals surface area contributed by atoms with Crippen LogP contribution in [0.25, 0.3) is 0 Å². The molecule has 10 heteroatoms. The minimum atomic E-state index is -4.22. The zero-order valence-electron chi connectivity index (χ0n) is 22.6. The van der Waals surface area contributed by atoms with Gasteiger partial charge < -0.3 is 15.0 Å². The van der Waals surface area contributed by atoms with Crippen LogP contribution >= 0.6 is 11.6 Å². The van der Waals surface area contributed by atoms with Crippen LogP contribution in [-0.2, 0) is 26.2 Å². The number of hydrogen-bond acceptors (Lipinski definition) is 5. The van der Waals surface area contributed by atoms with Gasteiger partial charge in [-0.25, -0.2) is 8.42 Å². The van der Waals surface area contributed by atoms with E-state index in [1.165, 1.54) is 30.2 Å². The first kappa shape index (κ1) is 29.4. The summed E-state index contributed by atoms with van der Waals surface area (Å²) in [7, 11) is -2.81. The Bertz CT molecular complexity index is 1410. The predicted molar refractivity (Wildman–Crippen MR) is 156 cm³/mol. The van der Waals surface area contributed by atoms with Crippen LogP contribution in [0.2, 0.25) is 5.02 Å². The van der Waals surface area contributed by atoms with Crippen molar-refractivity contribution < 1.29 is 22.7 Å². The van der Waals surface area contributed by atoms with E-state index in [0.717, 1.165) is 35.6 Å². The van der Waals surface area contributed by atoms with Crippen molar-refractivity contribution in [3.63, 3.8) is 0 Å². The Balaban J connectivity index is 1.72. The third-order valence-electron chi connectivity index (χ3n) is 7.08. The molecule has 1 aliphatic carbocycles. The number of anilines is 1. The Hall–Kier alpha value is -3.56. The standard InChI is InChI=1S/C30H34ClN3O5S/c1-22(30(36)32-25-13-9-10-14-25)33(20-23-11-5-3-6-12-23)29(35)21-34(27-19-24(31)17-18-28(27)39-2)40(37,38)26-15-7-4-8-16-26/h3-8,11-12,15-19,22,25H,9-10,13-14,20-21H2,1-2H3,(H,32,36)/t22-/m0/s1. The third-order valence-corrected chi connectivity index (χ3v) is 9.09. The first-order chi connectivity index (χ1) is 19.2. The summed E-state index contributed by atoms with van der Waals surface area (Å²) in [6.45, 7) is 1.23. The summed E-state index contributed by atoms with van der Waals surface area (Å²) in [5.41, 5.74) is 0.934. The molecule has 2 amide bonds. The van der Waals surface area contributed by atoms with E-state index >= 15 is 0 Å². The van der Waals surface area contributed by atoms with Crippen LogP contribution in [0.4, 0.5) is 5.69 Å². The summed E-state index contributed by atoms with van der Waals surface area (Å²) < 4.78 is 34.3. The second kappa shape index (κ2) is 13.2. The smallest absolute Gasteiger partial charge is 0.264 e. The zero-order valence-corrected chi connectivity index (χ0v) is 24.2. The van der Waals surface area contributed by atoms with Gasteiger partial charge in [0.15, 0.2) is 0 Å². The Labute approximate surface area is 240 Å². The van der Waals surface area contributed by atoms with Crippen LogP contribution in [0, 0.1) is 0 Å². The molecule has 1 saturated carbocycles. The highest BCUT2D eigenvalue weighted by atomic mass is 35.5. The van der Waals surface area contributed by atoms with Crippen LogP contribution in [0.1, 0.15) is 38.2 Å². The molecule has 212 valence electrons. The summed E-state index contributed by atoms with van der Waals surface area (Å²) in [5.74, 6) is -0.577. The minimum Gasteiger partial charge on any atom is -0.495 e. The lowest BCUT2D eigenvalue weighted by Crippen LogP contribution is -2.52. The molecule has 0 radical (unpaired) electrons. The van der Waals surface area contributed by atoms with Gasteiger partial charge in [-0.05, 0) is 55.7 Å². The summed E-state index contributed by atoms with van der Waals surface area (Å²) in [6, 6.07) is 21.0. The molecule has 1 N–H and O–H groups in total. The summed E-state index contributed by atoms with van der Waals surface area (Å²) in [4.78, 5) is 28.7. The fourth-order valence-corrected chi connectivity index (χ4v) is 6.45. The Kier molecular flexibility index (Phi) is 9.71. The number of carbonyl (C=O) groups excluding carboxylic acids is 2. The number of hydrogen-bond donors (Lipinski definition) is 1. The predicted octanol–water partition coefficient (Wildman–Crippen LogP) is 5.02. The molecule has 1 fully saturated rings.